The fraction of sp³-hybridized carbons (Fsp3) is 0.545. The maximum atomic E-state index is 12.4. The Balaban J connectivity index is 2.41. The normalized spacial score (nSPS) is 29.3. The van der Waals surface area contributed by atoms with Gasteiger partial charge >= 0.3 is 17.9 Å². The highest BCUT2D eigenvalue weighted by atomic mass is 16.6. The second kappa shape index (κ2) is 10.2. The lowest BCUT2D eigenvalue weighted by molar-refractivity contribution is -0.156. The lowest BCUT2D eigenvalue weighted by atomic mass is 9.85. The van der Waals surface area contributed by atoms with Crippen molar-refractivity contribution < 1.29 is 33.4 Å². The van der Waals surface area contributed by atoms with Crippen LogP contribution in [0.4, 0.5) is 0 Å². The summed E-state index contributed by atoms with van der Waals surface area (Å²) < 4.78 is 16.3. The van der Waals surface area contributed by atoms with Crippen LogP contribution in [0.5, 0.6) is 0 Å². The molecule has 1 saturated heterocycles. The molecule has 7 nitrogen and oxygen atoms in total. The summed E-state index contributed by atoms with van der Waals surface area (Å²) in [5.74, 6) is -2.31. The number of aldehydes is 1. The molecule has 0 spiro atoms. The van der Waals surface area contributed by atoms with Crippen LogP contribution in [0.25, 0.3) is 0 Å². The Hall–Kier alpha value is -2.70. The van der Waals surface area contributed by atoms with E-state index in [0.29, 0.717) is 24.8 Å². The summed E-state index contributed by atoms with van der Waals surface area (Å²) in [5, 5.41) is 0. The van der Waals surface area contributed by atoms with Crippen molar-refractivity contribution in [1.82, 2.24) is 0 Å². The van der Waals surface area contributed by atoms with Crippen LogP contribution < -0.4 is 0 Å². The molecule has 2 rings (SSSR count). The number of carbonyl (C=O) groups is 4. The minimum absolute atomic E-state index is 0.0597. The van der Waals surface area contributed by atoms with E-state index >= 15 is 0 Å². The molecule has 0 aromatic rings. The van der Waals surface area contributed by atoms with Gasteiger partial charge in [0.25, 0.3) is 0 Å². The van der Waals surface area contributed by atoms with Crippen molar-refractivity contribution in [1.29, 1.82) is 0 Å². The Morgan fingerprint density at radius 3 is 2.76 bits per heavy atom. The third-order valence-electron chi connectivity index (χ3n) is 5.27. The van der Waals surface area contributed by atoms with Gasteiger partial charge in [0.05, 0.1) is 11.8 Å². The van der Waals surface area contributed by atoms with Gasteiger partial charge in [-0.1, -0.05) is 26.5 Å². The molecule has 1 aliphatic carbocycles. The van der Waals surface area contributed by atoms with Crippen LogP contribution in [-0.4, -0.2) is 43.0 Å². The van der Waals surface area contributed by atoms with Crippen LogP contribution in [0.15, 0.2) is 35.5 Å². The fourth-order valence-electron chi connectivity index (χ4n) is 3.34. The van der Waals surface area contributed by atoms with Gasteiger partial charge in [-0.05, 0) is 36.5 Å². The van der Waals surface area contributed by atoms with Crippen molar-refractivity contribution in [3.05, 3.63) is 35.5 Å². The van der Waals surface area contributed by atoms with Gasteiger partial charge in [0, 0.05) is 18.9 Å². The fourth-order valence-corrected chi connectivity index (χ4v) is 3.34. The van der Waals surface area contributed by atoms with Crippen LogP contribution in [0.1, 0.15) is 46.5 Å². The van der Waals surface area contributed by atoms with Gasteiger partial charge in [-0.15, -0.1) is 0 Å². The van der Waals surface area contributed by atoms with E-state index in [1.807, 2.05) is 6.92 Å². The molecule has 0 bridgehead atoms. The highest BCUT2D eigenvalue weighted by molar-refractivity contribution is 5.91. The number of allylic oxidation sites excluding steroid dienone is 1. The molecule has 2 aliphatic rings. The lowest BCUT2D eigenvalue weighted by Gasteiger charge is -2.28. The summed E-state index contributed by atoms with van der Waals surface area (Å²) in [6.07, 6.45) is 4.65. The van der Waals surface area contributed by atoms with E-state index in [9.17, 15) is 19.2 Å². The number of ether oxygens (including phenoxy) is 3. The highest BCUT2D eigenvalue weighted by Gasteiger charge is 2.45. The quantitative estimate of drug-likeness (QED) is 0.221. The Kier molecular flexibility index (Phi) is 7.93. The van der Waals surface area contributed by atoms with Gasteiger partial charge in [-0.2, -0.15) is 0 Å². The lowest BCUT2D eigenvalue weighted by Crippen LogP contribution is -2.35. The number of rotatable bonds is 6. The standard InChI is InChI=1S/C22H28O7/c1-5-13(2)21(25)28-18-9-16(11-23)7-6-8-17(12-27-15(4)24)10-19-20(18)14(3)22(26)29-19/h7,10-11,13,18-20H,3,5-6,8-9,12H2,1-2,4H3/b16-7+,17-10+/t13-,18-,19+,20+/m0/s1. The van der Waals surface area contributed by atoms with Crippen LogP contribution in [-0.2, 0) is 33.4 Å². The zero-order valence-corrected chi connectivity index (χ0v) is 17.1. The maximum Gasteiger partial charge on any atom is 0.334 e. The molecule has 1 heterocycles. The zero-order chi connectivity index (χ0) is 21.6. The Labute approximate surface area is 170 Å². The monoisotopic (exact) mass is 404 g/mol. The Bertz CT molecular complexity index is 746. The minimum atomic E-state index is -0.763. The molecule has 1 fully saturated rings. The predicted octanol–water partition coefficient (Wildman–Crippen LogP) is 2.84. The van der Waals surface area contributed by atoms with Gasteiger partial charge in [0.15, 0.2) is 0 Å². The number of esters is 3. The van der Waals surface area contributed by atoms with Crippen molar-refractivity contribution in [3.63, 3.8) is 0 Å². The molecule has 158 valence electrons. The molecule has 29 heavy (non-hydrogen) atoms. The van der Waals surface area contributed by atoms with Crippen LogP contribution in [0, 0.1) is 11.8 Å². The van der Waals surface area contributed by atoms with Crippen molar-refractivity contribution in [2.75, 3.05) is 6.61 Å². The second-order valence-electron chi connectivity index (χ2n) is 7.45. The van der Waals surface area contributed by atoms with Crippen LogP contribution in [0.3, 0.4) is 0 Å². The van der Waals surface area contributed by atoms with Crippen LogP contribution >= 0.6 is 0 Å². The van der Waals surface area contributed by atoms with Gasteiger partial charge in [0.1, 0.15) is 25.1 Å². The van der Waals surface area contributed by atoms with Crippen molar-refractivity contribution in [3.8, 4) is 0 Å². The summed E-state index contributed by atoms with van der Waals surface area (Å²) in [6, 6.07) is 0. The molecule has 0 unspecified atom stereocenters. The largest absolute Gasteiger partial charge is 0.461 e. The minimum Gasteiger partial charge on any atom is -0.461 e. The first-order chi connectivity index (χ1) is 13.8. The number of hydrogen-bond acceptors (Lipinski definition) is 7. The third kappa shape index (κ3) is 5.89. The van der Waals surface area contributed by atoms with Crippen LogP contribution in [0.2, 0.25) is 0 Å². The SMILES string of the molecule is C=C1C(=O)O[C@@H]2/C=C(/COC(C)=O)CC/C=C(/C=O)C[C@H](OC(=O)[C@@H](C)CC)[C@@H]12. The van der Waals surface area contributed by atoms with E-state index in [1.54, 1.807) is 19.1 Å². The smallest absolute Gasteiger partial charge is 0.334 e. The van der Waals surface area contributed by atoms with Crippen molar-refractivity contribution in [2.45, 2.75) is 58.7 Å². The molecule has 4 atom stereocenters. The predicted molar refractivity (Wildman–Crippen MR) is 105 cm³/mol. The molecule has 0 saturated carbocycles. The van der Waals surface area contributed by atoms with E-state index < -0.39 is 36.0 Å². The van der Waals surface area contributed by atoms with E-state index in [0.717, 1.165) is 11.9 Å². The highest BCUT2D eigenvalue weighted by Crippen LogP contribution is 2.36. The summed E-state index contributed by atoms with van der Waals surface area (Å²) in [7, 11) is 0. The molecule has 0 aromatic heterocycles. The molecule has 1 aliphatic heterocycles. The first-order valence-electron chi connectivity index (χ1n) is 9.84. The Morgan fingerprint density at radius 1 is 1.41 bits per heavy atom. The average molecular weight is 404 g/mol. The summed E-state index contributed by atoms with van der Waals surface area (Å²) in [6.45, 7) is 8.85. The molecule has 7 heteroatoms. The summed E-state index contributed by atoms with van der Waals surface area (Å²) in [4.78, 5) is 47.4. The number of hydrogen-bond donors (Lipinski definition) is 0. The van der Waals surface area contributed by atoms with Crippen molar-refractivity contribution in [2.24, 2.45) is 11.8 Å². The van der Waals surface area contributed by atoms with E-state index in [-0.39, 0.29) is 24.5 Å². The number of carbonyl (C=O) groups excluding carboxylic acids is 4. The van der Waals surface area contributed by atoms with Gasteiger partial charge in [-0.25, -0.2) is 4.79 Å². The average Bonchev–Trinajstić information content (AvgIpc) is 2.96. The second-order valence-corrected chi connectivity index (χ2v) is 7.45. The zero-order valence-electron chi connectivity index (χ0n) is 17.1. The molecule has 0 amide bonds. The maximum absolute atomic E-state index is 12.4. The van der Waals surface area contributed by atoms with Crippen molar-refractivity contribution >= 4 is 24.2 Å². The van der Waals surface area contributed by atoms with E-state index in [4.69, 9.17) is 14.2 Å². The van der Waals surface area contributed by atoms with Gasteiger partial charge < -0.3 is 14.2 Å². The first-order valence-corrected chi connectivity index (χ1v) is 9.84. The van der Waals surface area contributed by atoms with E-state index in [1.165, 1.54) is 6.92 Å². The summed E-state index contributed by atoms with van der Waals surface area (Å²) in [5.41, 5.74) is 1.44. The third-order valence-corrected chi connectivity index (χ3v) is 5.27. The van der Waals surface area contributed by atoms with Gasteiger partial charge in [0.2, 0.25) is 0 Å². The Morgan fingerprint density at radius 2 is 2.14 bits per heavy atom. The topological polar surface area (TPSA) is 96.0 Å². The molecular weight excluding hydrogens is 376 g/mol. The first kappa shape index (κ1) is 22.6. The summed E-state index contributed by atoms with van der Waals surface area (Å²) >= 11 is 0. The number of fused-ring (bicyclic) bond motifs is 1. The molecule has 0 N–H and O–H groups in total. The van der Waals surface area contributed by atoms with E-state index in [2.05, 4.69) is 6.58 Å². The molecule has 0 aromatic carbocycles. The van der Waals surface area contributed by atoms with Gasteiger partial charge in [-0.3, -0.25) is 14.4 Å². The molecule has 0 radical (unpaired) electrons. The molecular formula is C22H28O7.